The quantitative estimate of drug-likeness (QED) is 0.618. The van der Waals surface area contributed by atoms with E-state index in [1.807, 2.05) is 0 Å². The first-order valence-corrected chi connectivity index (χ1v) is 11.1. The van der Waals surface area contributed by atoms with Crippen LogP contribution in [-0.4, -0.2) is 28.6 Å². The Morgan fingerprint density at radius 2 is 2.03 bits per heavy atom. The molecule has 0 saturated carbocycles. The Labute approximate surface area is 181 Å². The van der Waals surface area contributed by atoms with Crippen molar-refractivity contribution < 1.29 is 18.3 Å². The summed E-state index contributed by atoms with van der Waals surface area (Å²) >= 11 is 1.26. The topological polar surface area (TPSA) is 73.2 Å². The van der Waals surface area contributed by atoms with Gasteiger partial charge in [0, 0.05) is 19.5 Å². The third kappa shape index (κ3) is 4.61. The number of halogens is 2. The average Bonchev–Trinajstić information content (AvgIpc) is 2.90. The van der Waals surface area contributed by atoms with Crippen molar-refractivity contribution in [1.82, 2.24) is 14.9 Å². The van der Waals surface area contributed by atoms with Gasteiger partial charge < -0.3 is 10.1 Å². The van der Waals surface area contributed by atoms with Crippen LogP contribution in [0.4, 0.5) is 8.78 Å². The van der Waals surface area contributed by atoms with Crippen LogP contribution in [0.2, 0.25) is 0 Å². The molecule has 0 saturated heterocycles. The van der Waals surface area contributed by atoms with E-state index in [-0.39, 0.29) is 17.2 Å². The fourth-order valence-electron chi connectivity index (χ4n) is 3.86. The molecule has 9 heteroatoms. The highest BCUT2D eigenvalue weighted by atomic mass is 32.1. The molecule has 31 heavy (non-hydrogen) atoms. The van der Waals surface area contributed by atoms with Crippen LogP contribution < -0.4 is 15.6 Å². The highest BCUT2D eigenvalue weighted by Gasteiger charge is 2.22. The molecule has 4 rings (SSSR count). The number of thiophene rings is 1. The second-order valence-corrected chi connectivity index (χ2v) is 8.56. The molecule has 0 spiro atoms. The lowest BCUT2D eigenvalue weighted by atomic mass is 10.1. The molecule has 3 aromatic rings. The maximum atomic E-state index is 13.0. The molecule has 0 aliphatic carbocycles. The number of fused-ring (bicyclic) bond motifs is 2. The van der Waals surface area contributed by atoms with E-state index >= 15 is 0 Å². The van der Waals surface area contributed by atoms with Crippen LogP contribution in [0.15, 0.2) is 29.1 Å². The number of nitrogens with zero attached hydrogens (tertiary/aromatic N) is 2. The number of nitrogens with one attached hydrogen (secondary N) is 1. The summed E-state index contributed by atoms with van der Waals surface area (Å²) in [7, 11) is 0. The van der Waals surface area contributed by atoms with Crippen LogP contribution in [0.25, 0.3) is 10.2 Å². The van der Waals surface area contributed by atoms with E-state index in [1.54, 1.807) is 23.6 Å². The molecule has 0 bridgehead atoms. The number of carbonyl (C=O) groups is 1. The summed E-state index contributed by atoms with van der Waals surface area (Å²) < 4.78 is 30.5. The zero-order valence-electron chi connectivity index (χ0n) is 17.1. The average molecular weight is 448 g/mol. The van der Waals surface area contributed by atoms with Crippen LogP contribution >= 0.6 is 11.3 Å². The maximum absolute atomic E-state index is 13.0. The second kappa shape index (κ2) is 9.13. The van der Waals surface area contributed by atoms with Gasteiger partial charge in [0.15, 0.2) is 0 Å². The molecule has 0 atom stereocenters. The number of carbonyl (C=O) groups excluding carboxylic acids is 1. The molecule has 0 fully saturated rings. The molecule has 1 aliphatic heterocycles. The minimum absolute atomic E-state index is 0.0548. The van der Waals surface area contributed by atoms with Crippen LogP contribution in [0.5, 0.6) is 5.75 Å². The van der Waals surface area contributed by atoms with Gasteiger partial charge in [0.25, 0.3) is 11.5 Å². The van der Waals surface area contributed by atoms with Gasteiger partial charge in [0.05, 0.1) is 10.3 Å². The molecule has 6 nitrogen and oxygen atoms in total. The minimum atomic E-state index is -2.85. The van der Waals surface area contributed by atoms with Gasteiger partial charge >= 0.3 is 6.61 Å². The lowest BCUT2D eigenvalue weighted by Crippen LogP contribution is -2.26. The van der Waals surface area contributed by atoms with Crippen molar-refractivity contribution in [2.24, 2.45) is 0 Å². The van der Waals surface area contributed by atoms with Gasteiger partial charge in [0.2, 0.25) is 0 Å². The number of rotatable bonds is 6. The van der Waals surface area contributed by atoms with E-state index < -0.39 is 6.61 Å². The molecule has 2 aromatic heterocycles. The van der Waals surface area contributed by atoms with Gasteiger partial charge in [-0.3, -0.25) is 14.2 Å². The first-order valence-electron chi connectivity index (χ1n) is 10.3. The summed E-state index contributed by atoms with van der Waals surface area (Å²) in [5.41, 5.74) is 1.50. The molecule has 1 amide bonds. The first-order chi connectivity index (χ1) is 14.9. The highest BCUT2D eigenvalue weighted by Crippen LogP contribution is 2.28. The fourth-order valence-corrected chi connectivity index (χ4v) is 4.97. The summed E-state index contributed by atoms with van der Waals surface area (Å²) in [6.45, 7) is -0.00547. The Morgan fingerprint density at radius 1 is 1.26 bits per heavy atom. The number of alkyl halides is 2. The van der Waals surface area contributed by atoms with E-state index in [0.717, 1.165) is 37.1 Å². The molecule has 1 N–H and O–H groups in total. The van der Waals surface area contributed by atoms with E-state index in [2.05, 4.69) is 10.1 Å². The van der Waals surface area contributed by atoms with E-state index in [1.165, 1.54) is 23.5 Å². The molecule has 1 aliphatic rings. The van der Waals surface area contributed by atoms with Gasteiger partial charge in [-0.15, -0.1) is 11.3 Å². The molecule has 164 valence electrons. The Bertz CT molecular complexity index is 1160. The normalized spacial score (nSPS) is 13.8. The summed E-state index contributed by atoms with van der Waals surface area (Å²) in [6.07, 6.45) is 4.40. The van der Waals surface area contributed by atoms with E-state index in [9.17, 15) is 18.4 Å². The van der Waals surface area contributed by atoms with E-state index in [4.69, 9.17) is 4.98 Å². The summed E-state index contributed by atoms with van der Waals surface area (Å²) in [6, 6.07) is 6.32. The Balaban J connectivity index is 1.46. The van der Waals surface area contributed by atoms with Crippen molar-refractivity contribution in [3.05, 3.63) is 56.4 Å². The molecule has 1 aromatic carbocycles. The van der Waals surface area contributed by atoms with Gasteiger partial charge in [0.1, 0.15) is 16.4 Å². The van der Waals surface area contributed by atoms with Crippen molar-refractivity contribution in [2.45, 2.75) is 52.2 Å². The van der Waals surface area contributed by atoms with Gasteiger partial charge in [-0.2, -0.15) is 8.78 Å². The Morgan fingerprint density at radius 3 is 2.77 bits per heavy atom. The summed E-state index contributed by atoms with van der Waals surface area (Å²) in [5.74, 6) is 0.668. The zero-order valence-corrected chi connectivity index (χ0v) is 17.9. The molecular formula is C22H23F2N3O3S. The third-order valence-electron chi connectivity index (χ3n) is 5.47. The monoisotopic (exact) mass is 447 g/mol. The first kappa shape index (κ1) is 21.4. The van der Waals surface area contributed by atoms with Gasteiger partial charge in [-0.1, -0.05) is 18.6 Å². The van der Waals surface area contributed by atoms with Crippen LogP contribution in [-0.2, 0) is 19.4 Å². The third-order valence-corrected chi connectivity index (χ3v) is 6.65. The molecule has 3 heterocycles. The van der Waals surface area contributed by atoms with Crippen molar-refractivity contribution >= 4 is 27.5 Å². The lowest BCUT2D eigenvalue weighted by molar-refractivity contribution is -0.0498. The number of hydrogen-bond donors (Lipinski definition) is 1. The summed E-state index contributed by atoms with van der Waals surface area (Å²) in [5, 5.41) is 3.42. The van der Waals surface area contributed by atoms with Gasteiger partial charge in [-0.25, -0.2) is 4.98 Å². The Kier molecular flexibility index (Phi) is 6.31. The number of aryl methyl sites for hydroxylation is 2. The fraction of sp³-hybridized carbons (Fsp3) is 0.409. The number of ether oxygens (including phenoxy) is 1. The zero-order chi connectivity index (χ0) is 22.0. The van der Waals surface area contributed by atoms with E-state index in [0.29, 0.717) is 40.2 Å². The van der Waals surface area contributed by atoms with Gasteiger partial charge in [-0.05, 0) is 49.4 Å². The minimum Gasteiger partial charge on any atom is -0.435 e. The predicted octanol–water partition coefficient (Wildman–Crippen LogP) is 4.07. The number of hydrogen-bond acceptors (Lipinski definition) is 5. The summed E-state index contributed by atoms with van der Waals surface area (Å²) in [4.78, 5) is 31.6. The van der Waals surface area contributed by atoms with Crippen molar-refractivity contribution in [1.29, 1.82) is 0 Å². The molecule has 0 radical (unpaired) electrons. The maximum Gasteiger partial charge on any atom is 0.387 e. The largest absolute Gasteiger partial charge is 0.435 e. The van der Waals surface area contributed by atoms with Crippen molar-refractivity contribution in [3.8, 4) is 5.75 Å². The number of benzene rings is 1. The SMILES string of the molecule is Cc1c(C(=O)NCCc2ccc(OC(F)F)cc2)sc2nc3n(c(=O)c12)CCCCC3. The number of amides is 1. The van der Waals surface area contributed by atoms with Crippen LogP contribution in [0.1, 0.15) is 45.9 Å². The van der Waals surface area contributed by atoms with Crippen molar-refractivity contribution in [2.75, 3.05) is 6.54 Å². The smallest absolute Gasteiger partial charge is 0.387 e. The Hall–Kier alpha value is -2.81. The standard InChI is InChI=1S/C22H23F2N3O3S/c1-13-17-20(26-16-5-3-2-4-12-27(16)21(17)29)31-18(13)19(28)25-11-10-14-6-8-15(9-7-14)30-22(23)24/h6-9,22H,2-5,10-12H2,1H3,(H,25,28). The van der Waals surface area contributed by atoms with Crippen LogP contribution in [0, 0.1) is 6.92 Å². The van der Waals surface area contributed by atoms with Crippen LogP contribution in [0.3, 0.4) is 0 Å². The highest BCUT2D eigenvalue weighted by molar-refractivity contribution is 7.20. The number of aromatic nitrogens is 2. The molecular weight excluding hydrogens is 424 g/mol. The lowest BCUT2D eigenvalue weighted by Gasteiger charge is -2.08. The van der Waals surface area contributed by atoms with Crippen molar-refractivity contribution in [3.63, 3.8) is 0 Å². The predicted molar refractivity (Wildman–Crippen MR) is 115 cm³/mol. The second-order valence-electron chi connectivity index (χ2n) is 7.56. The molecule has 0 unspecified atom stereocenters.